The lowest BCUT2D eigenvalue weighted by atomic mass is 10.1. The number of aliphatic hydroxyl groups is 1. The molecule has 1 aromatic carbocycles. The zero-order valence-electron chi connectivity index (χ0n) is 23.0. The molecular formula is C27H33ClFN3O9. The molecule has 3 heterocycles. The zero-order valence-corrected chi connectivity index (χ0v) is 23.7. The molecule has 2 aromatic rings. The lowest BCUT2D eigenvalue weighted by Crippen LogP contribution is -2.46. The van der Waals surface area contributed by atoms with Gasteiger partial charge in [-0.1, -0.05) is 23.7 Å². The van der Waals surface area contributed by atoms with E-state index in [1.807, 2.05) is 0 Å². The lowest BCUT2D eigenvalue weighted by molar-refractivity contribution is -0.153. The highest BCUT2D eigenvalue weighted by Gasteiger charge is 2.39. The number of amides is 1. The van der Waals surface area contributed by atoms with Gasteiger partial charge in [0.05, 0.1) is 25.5 Å². The zero-order chi connectivity index (χ0) is 29.9. The van der Waals surface area contributed by atoms with Crippen LogP contribution in [0.2, 0.25) is 5.02 Å². The summed E-state index contributed by atoms with van der Waals surface area (Å²) in [5.74, 6) is -2.13. The molecule has 224 valence electrons. The fraction of sp³-hybridized carbons (Fsp3) is 0.556. The van der Waals surface area contributed by atoms with Gasteiger partial charge in [-0.05, 0) is 51.3 Å². The first-order chi connectivity index (χ1) is 19.4. The summed E-state index contributed by atoms with van der Waals surface area (Å²) in [7, 11) is 0. The molecule has 1 N–H and O–H groups in total. The van der Waals surface area contributed by atoms with Crippen molar-refractivity contribution in [3.05, 3.63) is 67.7 Å². The van der Waals surface area contributed by atoms with E-state index in [1.165, 1.54) is 4.90 Å². The molecule has 4 atom stereocenters. The molecule has 0 radical (unpaired) electrons. The van der Waals surface area contributed by atoms with Crippen LogP contribution in [0.4, 0.5) is 9.18 Å². The third kappa shape index (κ3) is 7.34. The third-order valence-electron chi connectivity index (χ3n) is 6.69. The first kappa shape index (κ1) is 30.7. The molecule has 2 fully saturated rings. The predicted molar refractivity (Wildman–Crippen MR) is 143 cm³/mol. The Labute approximate surface area is 240 Å². The van der Waals surface area contributed by atoms with Crippen LogP contribution in [0.3, 0.4) is 0 Å². The standard InChI is InChI=1S/C27H33ClFN3O9/c1-27(2,3)41-26(37)30-10-4-5-19(30)24(35)39-15-32-23(34)18(29)12-31(25(32)36)22-11-20(21(13-33)40-22)38-14-16-6-8-17(28)9-7-16/h6-9,12,19-22,33H,4-5,10-11,13-15H2,1-3H3/t19-,20-,21+,22+/m0/s1. The van der Waals surface area contributed by atoms with Crippen LogP contribution in [0.15, 0.2) is 40.1 Å². The highest BCUT2D eigenvalue weighted by atomic mass is 35.5. The molecule has 1 amide bonds. The summed E-state index contributed by atoms with van der Waals surface area (Å²) in [6.07, 6.45) is -1.60. The van der Waals surface area contributed by atoms with Crippen LogP contribution in [0.5, 0.6) is 0 Å². The molecule has 1 aromatic heterocycles. The number of hydrogen-bond donors (Lipinski definition) is 1. The Morgan fingerprint density at radius 1 is 1.20 bits per heavy atom. The molecule has 0 unspecified atom stereocenters. The molecule has 2 saturated heterocycles. The van der Waals surface area contributed by atoms with Gasteiger partial charge in [0.2, 0.25) is 5.82 Å². The topological polar surface area (TPSA) is 139 Å². The number of aromatic nitrogens is 2. The molecule has 12 nitrogen and oxygen atoms in total. The molecule has 0 bridgehead atoms. The maximum Gasteiger partial charge on any atom is 0.411 e. The van der Waals surface area contributed by atoms with Gasteiger partial charge < -0.3 is 24.1 Å². The van der Waals surface area contributed by atoms with Crippen LogP contribution in [-0.2, 0) is 37.1 Å². The van der Waals surface area contributed by atoms with E-state index in [-0.39, 0.29) is 19.6 Å². The van der Waals surface area contributed by atoms with Crippen molar-refractivity contribution in [1.29, 1.82) is 0 Å². The van der Waals surface area contributed by atoms with Crippen molar-refractivity contribution in [2.45, 2.75) is 83.5 Å². The first-order valence-electron chi connectivity index (χ1n) is 13.2. The maximum absolute atomic E-state index is 14.7. The summed E-state index contributed by atoms with van der Waals surface area (Å²) in [5.41, 5.74) is -2.23. The maximum atomic E-state index is 14.7. The Morgan fingerprint density at radius 3 is 2.56 bits per heavy atom. The predicted octanol–water partition coefficient (Wildman–Crippen LogP) is 2.57. The van der Waals surface area contributed by atoms with Gasteiger partial charge in [0.25, 0.3) is 5.56 Å². The second-order valence-corrected chi connectivity index (χ2v) is 11.3. The van der Waals surface area contributed by atoms with E-state index in [0.717, 1.165) is 10.1 Å². The van der Waals surface area contributed by atoms with Crippen molar-refractivity contribution in [2.75, 3.05) is 13.2 Å². The highest BCUT2D eigenvalue weighted by molar-refractivity contribution is 6.30. The van der Waals surface area contributed by atoms with Crippen molar-refractivity contribution in [3.8, 4) is 0 Å². The quantitative estimate of drug-likeness (QED) is 0.455. The van der Waals surface area contributed by atoms with Crippen LogP contribution in [0.25, 0.3) is 0 Å². The lowest BCUT2D eigenvalue weighted by Gasteiger charge is -2.27. The molecular weight excluding hydrogens is 565 g/mol. The molecule has 0 aliphatic carbocycles. The fourth-order valence-corrected chi connectivity index (χ4v) is 4.80. The van der Waals surface area contributed by atoms with E-state index in [2.05, 4.69) is 0 Å². The van der Waals surface area contributed by atoms with Crippen LogP contribution < -0.4 is 11.2 Å². The van der Waals surface area contributed by atoms with Crippen LogP contribution >= 0.6 is 11.6 Å². The summed E-state index contributed by atoms with van der Waals surface area (Å²) < 4.78 is 38.1. The van der Waals surface area contributed by atoms with E-state index < -0.39 is 72.5 Å². The minimum Gasteiger partial charge on any atom is -0.444 e. The monoisotopic (exact) mass is 597 g/mol. The van der Waals surface area contributed by atoms with Gasteiger partial charge in [-0.3, -0.25) is 14.3 Å². The number of halogens is 2. The van der Waals surface area contributed by atoms with Gasteiger partial charge in [-0.2, -0.15) is 4.39 Å². The highest BCUT2D eigenvalue weighted by Crippen LogP contribution is 2.30. The fourth-order valence-electron chi connectivity index (χ4n) is 4.68. The largest absolute Gasteiger partial charge is 0.444 e. The number of carbonyl (C=O) groups is 2. The van der Waals surface area contributed by atoms with E-state index in [9.17, 15) is 28.7 Å². The number of esters is 1. The minimum absolute atomic E-state index is 0.0725. The number of hydrogen-bond acceptors (Lipinski definition) is 9. The van der Waals surface area contributed by atoms with Crippen LogP contribution in [-0.4, -0.2) is 68.2 Å². The summed E-state index contributed by atoms with van der Waals surface area (Å²) in [6, 6.07) is 5.99. The number of benzene rings is 1. The molecule has 4 rings (SSSR count). The molecule has 41 heavy (non-hydrogen) atoms. The SMILES string of the molecule is CC(C)(C)OC(=O)N1CCC[C@H]1C(=O)OCn1c(=O)c(F)cn([C@H]2C[C@H](OCc3ccc(Cl)cc3)[C@@H](CO)O2)c1=O. The number of carbonyl (C=O) groups excluding carboxylic acids is 2. The van der Waals surface area contributed by atoms with Gasteiger partial charge >= 0.3 is 17.8 Å². The van der Waals surface area contributed by atoms with Crippen molar-refractivity contribution < 1.29 is 38.0 Å². The summed E-state index contributed by atoms with van der Waals surface area (Å²) in [4.78, 5) is 52.2. The Bertz CT molecular complexity index is 1370. The second-order valence-electron chi connectivity index (χ2n) is 10.8. The Kier molecular flexibility index (Phi) is 9.52. The Balaban J connectivity index is 1.45. The Hall–Kier alpha value is -3.26. The average molecular weight is 598 g/mol. The number of rotatable bonds is 8. The van der Waals surface area contributed by atoms with Crippen molar-refractivity contribution >= 4 is 23.7 Å². The number of likely N-dealkylation sites (tertiary alicyclic amines) is 1. The molecule has 0 spiro atoms. The van der Waals surface area contributed by atoms with Crippen LogP contribution in [0, 0.1) is 5.82 Å². The van der Waals surface area contributed by atoms with Gasteiger partial charge in [0.15, 0.2) is 6.73 Å². The average Bonchev–Trinajstić information content (AvgIpc) is 3.57. The van der Waals surface area contributed by atoms with Crippen molar-refractivity contribution in [2.24, 2.45) is 0 Å². The Morgan fingerprint density at radius 2 is 1.90 bits per heavy atom. The number of aliphatic hydroxyl groups excluding tert-OH is 1. The molecule has 2 aliphatic heterocycles. The van der Waals surface area contributed by atoms with E-state index in [0.29, 0.717) is 28.6 Å². The van der Waals surface area contributed by atoms with Gasteiger partial charge in [-0.15, -0.1) is 0 Å². The number of ether oxygens (including phenoxy) is 4. The van der Waals surface area contributed by atoms with Gasteiger partial charge in [0.1, 0.15) is 24.0 Å². The first-order valence-corrected chi connectivity index (χ1v) is 13.6. The normalized spacial score (nSPS) is 22.6. The third-order valence-corrected chi connectivity index (χ3v) is 6.94. The van der Waals surface area contributed by atoms with Gasteiger partial charge in [0, 0.05) is 18.0 Å². The van der Waals surface area contributed by atoms with Gasteiger partial charge in [-0.25, -0.2) is 19.0 Å². The summed E-state index contributed by atoms with van der Waals surface area (Å²) in [5, 5.41) is 10.4. The molecule has 0 saturated carbocycles. The molecule has 2 aliphatic rings. The van der Waals surface area contributed by atoms with E-state index in [1.54, 1.807) is 45.0 Å². The van der Waals surface area contributed by atoms with Crippen molar-refractivity contribution in [3.63, 3.8) is 0 Å². The van der Waals surface area contributed by atoms with Crippen LogP contribution in [0.1, 0.15) is 51.8 Å². The van der Waals surface area contributed by atoms with E-state index >= 15 is 0 Å². The smallest absolute Gasteiger partial charge is 0.411 e. The minimum atomic E-state index is -1.29. The summed E-state index contributed by atoms with van der Waals surface area (Å²) in [6.45, 7) is 4.23. The van der Waals surface area contributed by atoms with Crippen molar-refractivity contribution in [1.82, 2.24) is 14.0 Å². The number of nitrogens with zero attached hydrogens (tertiary/aromatic N) is 3. The second kappa shape index (κ2) is 12.7. The molecule has 14 heteroatoms. The van der Waals surface area contributed by atoms with E-state index in [4.69, 9.17) is 30.5 Å². The summed E-state index contributed by atoms with van der Waals surface area (Å²) >= 11 is 5.91.